The third-order valence-corrected chi connectivity index (χ3v) is 4.21. The quantitative estimate of drug-likeness (QED) is 0.774. The van der Waals surface area contributed by atoms with Crippen LogP contribution in [-0.2, 0) is 16.0 Å². The molecule has 1 aliphatic carbocycles. The lowest BCUT2D eigenvalue weighted by atomic mass is 9.95. The zero-order valence-corrected chi connectivity index (χ0v) is 11.6. The third kappa shape index (κ3) is 2.37. The van der Waals surface area contributed by atoms with Crippen LogP contribution in [-0.4, -0.2) is 28.4 Å². The van der Waals surface area contributed by atoms with Crippen molar-refractivity contribution in [1.29, 1.82) is 0 Å². The van der Waals surface area contributed by atoms with Crippen molar-refractivity contribution in [2.24, 2.45) is 5.92 Å². The summed E-state index contributed by atoms with van der Waals surface area (Å²) in [7, 11) is 0. The summed E-state index contributed by atoms with van der Waals surface area (Å²) in [6, 6.07) is 4.92. The maximum atomic E-state index is 12.3. The number of carbonyl (C=O) groups is 3. The largest absolute Gasteiger partial charge is 0.480 e. The molecular formula is C15H16N2O4. The number of carboxylic acids is 1. The van der Waals surface area contributed by atoms with Crippen molar-refractivity contribution in [3.05, 3.63) is 29.3 Å². The molecule has 1 heterocycles. The lowest BCUT2D eigenvalue weighted by Crippen LogP contribution is -2.54. The minimum absolute atomic E-state index is 0.0203. The molecule has 2 aliphatic rings. The predicted molar refractivity (Wildman–Crippen MR) is 75.0 cm³/mol. The smallest absolute Gasteiger partial charge is 0.329 e. The second kappa shape index (κ2) is 4.58. The number of nitrogens with one attached hydrogen (secondary N) is 2. The SMILES string of the molecule is CC(NC(=O)c1ccc2c(c1)NC(=O)C2)(C(=O)O)C1CC1. The Kier molecular flexibility index (Phi) is 2.97. The molecule has 1 aromatic rings. The number of carboxylic acid groups (broad SMARTS) is 1. The van der Waals surface area contributed by atoms with E-state index in [0.717, 1.165) is 18.4 Å². The predicted octanol–water partition coefficient (Wildman–Crippen LogP) is 1.16. The van der Waals surface area contributed by atoms with Crippen molar-refractivity contribution in [2.45, 2.75) is 31.7 Å². The Balaban J connectivity index is 1.81. The maximum Gasteiger partial charge on any atom is 0.329 e. The minimum Gasteiger partial charge on any atom is -0.480 e. The van der Waals surface area contributed by atoms with Crippen LogP contribution in [0.25, 0.3) is 0 Å². The van der Waals surface area contributed by atoms with Gasteiger partial charge in [-0.15, -0.1) is 0 Å². The van der Waals surface area contributed by atoms with Crippen LogP contribution in [0.4, 0.5) is 5.69 Å². The standard InChI is InChI=1S/C15H16N2O4/c1-15(14(20)21,10-4-5-10)17-13(19)9-3-2-8-7-12(18)16-11(8)6-9/h2-3,6,10H,4-5,7H2,1H3,(H,16,18)(H,17,19)(H,20,21). The van der Waals surface area contributed by atoms with Gasteiger partial charge in [-0.25, -0.2) is 4.79 Å². The Labute approximate surface area is 121 Å². The van der Waals surface area contributed by atoms with Crippen molar-refractivity contribution < 1.29 is 19.5 Å². The number of fused-ring (bicyclic) bond motifs is 1. The van der Waals surface area contributed by atoms with Gasteiger partial charge in [0, 0.05) is 11.3 Å². The van der Waals surface area contributed by atoms with Gasteiger partial charge in [0.1, 0.15) is 5.54 Å². The van der Waals surface area contributed by atoms with Crippen molar-refractivity contribution in [1.82, 2.24) is 5.32 Å². The van der Waals surface area contributed by atoms with Gasteiger partial charge in [0.25, 0.3) is 5.91 Å². The highest BCUT2D eigenvalue weighted by Gasteiger charge is 2.48. The monoisotopic (exact) mass is 288 g/mol. The van der Waals surface area contributed by atoms with Gasteiger partial charge < -0.3 is 15.7 Å². The second-order valence-corrected chi connectivity index (χ2v) is 5.83. The number of rotatable bonds is 4. The van der Waals surface area contributed by atoms with Crippen LogP contribution in [0.1, 0.15) is 35.7 Å². The number of anilines is 1. The Bertz CT molecular complexity index is 651. The summed E-state index contributed by atoms with van der Waals surface area (Å²) in [5.74, 6) is -1.58. The average Bonchev–Trinajstić information content (AvgIpc) is 3.20. The molecule has 3 rings (SSSR count). The molecule has 21 heavy (non-hydrogen) atoms. The second-order valence-electron chi connectivity index (χ2n) is 5.83. The van der Waals surface area contributed by atoms with E-state index in [1.807, 2.05) is 0 Å². The molecule has 3 N–H and O–H groups in total. The van der Waals surface area contributed by atoms with Gasteiger partial charge in [0.05, 0.1) is 6.42 Å². The van der Waals surface area contributed by atoms with E-state index in [1.165, 1.54) is 0 Å². The number of hydrogen-bond acceptors (Lipinski definition) is 3. The van der Waals surface area contributed by atoms with Gasteiger partial charge in [-0.05, 0) is 43.4 Å². The summed E-state index contributed by atoms with van der Waals surface area (Å²) in [6.07, 6.45) is 1.93. The van der Waals surface area contributed by atoms with E-state index < -0.39 is 17.4 Å². The fourth-order valence-corrected chi connectivity index (χ4v) is 2.65. The van der Waals surface area contributed by atoms with E-state index in [9.17, 15) is 19.5 Å². The van der Waals surface area contributed by atoms with Crippen LogP contribution in [0.5, 0.6) is 0 Å². The Hall–Kier alpha value is -2.37. The summed E-state index contributed by atoms with van der Waals surface area (Å²) in [5.41, 5.74) is 0.583. The first-order valence-corrected chi connectivity index (χ1v) is 6.89. The van der Waals surface area contributed by atoms with Gasteiger partial charge in [0.2, 0.25) is 5.91 Å². The first-order chi connectivity index (χ1) is 9.90. The molecule has 1 aliphatic heterocycles. The van der Waals surface area contributed by atoms with Crippen molar-refractivity contribution >= 4 is 23.5 Å². The molecule has 0 saturated heterocycles. The molecule has 1 unspecified atom stereocenters. The fourth-order valence-electron chi connectivity index (χ4n) is 2.65. The lowest BCUT2D eigenvalue weighted by molar-refractivity contribution is -0.144. The van der Waals surface area contributed by atoms with Crippen LogP contribution in [0.3, 0.4) is 0 Å². The van der Waals surface area contributed by atoms with E-state index in [0.29, 0.717) is 17.7 Å². The molecule has 0 radical (unpaired) electrons. The van der Waals surface area contributed by atoms with Crippen molar-refractivity contribution in [2.75, 3.05) is 5.32 Å². The number of hydrogen-bond donors (Lipinski definition) is 3. The number of benzene rings is 1. The van der Waals surface area contributed by atoms with Crippen LogP contribution in [0, 0.1) is 5.92 Å². The van der Waals surface area contributed by atoms with Crippen LogP contribution < -0.4 is 10.6 Å². The molecule has 1 fully saturated rings. The van der Waals surface area contributed by atoms with E-state index in [2.05, 4.69) is 10.6 Å². The molecule has 6 heteroatoms. The Morgan fingerprint density at radius 1 is 1.38 bits per heavy atom. The van der Waals surface area contributed by atoms with E-state index in [1.54, 1.807) is 25.1 Å². The molecule has 1 saturated carbocycles. The first kappa shape index (κ1) is 13.6. The molecule has 6 nitrogen and oxygen atoms in total. The molecule has 1 aromatic carbocycles. The zero-order chi connectivity index (χ0) is 15.2. The summed E-state index contributed by atoms with van der Waals surface area (Å²) < 4.78 is 0. The highest BCUT2D eigenvalue weighted by molar-refractivity contribution is 6.03. The maximum absolute atomic E-state index is 12.3. The Morgan fingerprint density at radius 3 is 2.71 bits per heavy atom. The summed E-state index contributed by atoms with van der Waals surface area (Å²) in [5, 5.41) is 14.7. The normalized spacial score (nSPS) is 19.4. The number of amides is 2. The summed E-state index contributed by atoms with van der Waals surface area (Å²) >= 11 is 0. The molecule has 1 atom stereocenters. The zero-order valence-electron chi connectivity index (χ0n) is 11.6. The van der Waals surface area contributed by atoms with Crippen LogP contribution in [0.15, 0.2) is 18.2 Å². The Morgan fingerprint density at radius 2 is 2.10 bits per heavy atom. The lowest BCUT2D eigenvalue weighted by Gasteiger charge is -2.26. The van der Waals surface area contributed by atoms with Gasteiger partial charge in [-0.1, -0.05) is 6.07 Å². The number of carbonyl (C=O) groups excluding carboxylic acids is 2. The van der Waals surface area contributed by atoms with Gasteiger partial charge in [-0.2, -0.15) is 0 Å². The molecule has 0 spiro atoms. The molecule has 2 amide bonds. The van der Waals surface area contributed by atoms with Crippen LogP contribution >= 0.6 is 0 Å². The van der Waals surface area contributed by atoms with Crippen molar-refractivity contribution in [3.8, 4) is 0 Å². The average molecular weight is 288 g/mol. The van der Waals surface area contributed by atoms with Gasteiger partial charge in [-0.3, -0.25) is 9.59 Å². The first-order valence-electron chi connectivity index (χ1n) is 6.89. The van der Waals surface area contributed by atoms with Crippen molar-refractivity contribution in [3.63, 3.8) is 0 Å². The fraction of sp³-hybridized carbons (Fsp3) is 0.400. The van der Waals surface area contributed by atoms with E-state index in [-0.39, 0.29) is 11.8 Å². The topological polar surface area (TPSA) is 95.5 Å². The summed E-state index contributed by atoms with van der Waals surface area (Å²) in [4.78, 5) is 35.0. The molecule has 110 valence electrons. The van der Waals surface area contributed by atoms with Gasteiger partial charge >= 0.3 is 5.97 Å². The van der Waals surface area contributed by atoms with E-state index >= 15 is 0 Å². The molecule has 0 aromatic heterocycles. The number of aliphatic carboxylic acids is 1. The molecule has 0 bridgehead atoms. The highest BCUT2D eigenvalue weighted by atomic mass is 16.4. The highest BCUT2D eigenvalue weighted by Crippen LogP contribution is 2.40. The minimum atomic E-state index is -1.24. The van der Waals surface area contributed by atoms with E-state index in [4.69, 9.17) is 0 Å². The summed E-state index contributed by atoms with van der Waals surface area (Å²) in [6.45, 7) is 1.54. The van der Waals surface area contributed by atoms with Gasteiger partial charge in [0.15, 0.2) is 0 Å². The molecular weight excluding hydrogens is 272 g/mol. The third-order valence-electron chi connectivity index (χ3n) is 4.21. The van der Waals surface area contributed by atoms with Crippen LogP contribution in [0.2, 0.25) is 0 Å².